The maximum absolute atomic E-state index is 13.5. The zero-order chi connectivity index (χ0) is 13.7. The van der Waals surface area contributed by atoms with Crippen LogP contribution in [0.4, 0.5) is 10.1 Å². The average molecular weight is 259 g/mol. The van der Waals surface area contributed by atoms with Gasteiger partial charge >= 0.3 is 0 Å². The second-order valence-corrected chi connectivity index (χ2v) is 5.76. The molecule has 2 nitrogen and oxygen atoms in total. The highest BCUT2D eigenvalue weighted by molar-refractivity contribution is 6.00. The summed E-state index contributed by atoms with van der Waals surface area (Å²) in [6.07, 6.45) is 2.04. The molecule has 0 aromatic heterocycles. The maximum atomic E-state index is 13.5. The van der Waals surface area contributed by atoms with Crippen LogP contribution in [0.1, 0.15) is 38.2 Å². The van der Waals surface area contributed by atoms with Crippen molar-refractivity contribution in [2.75, 3.05) is 4.90 Å². The number of hydrogen-bond acceptors (Lipinski definition) is 1. The molecule has 0 spiro atoms. The van der Waals surface area contributed by atoms with Gasteiger partial charge in [0.2, 0.25) is 5.91 Å². The highest BCUT2D eigenvalue weighted by Gasteiger charge is 2.44. The van der Waals surface area contributed by atoms with Gasteiger partial charge in [0.15, 0.2) is 0 Å². The largest absolute Gasteiger partial charge is 0.309 e. The Morgan fingerprint density at radius 1 is 1.42 bits per heavy atom. The summed E-state index contributed by atoms with van der Waals surface area (Å²) in [5.74, 6) is -0.296. The van der Waals surface area contributed by atoms with Gasteiger partial charge in [0.05, 0.1) is 5.69 Å². The first-order chi connectivity index (χ1) is 9.00. The Morgan fingerprint density at radius 3 is 2.68 bits per heavy atom. The van der Waals surface area contributed by atoms with E-state index in [9.17, 15) is 9.18 Å². The van der Waals surface area contributed by atoms with E-state index in [-0.39, 0.29) is 29.6 Å². The second kappa shape index (κ2) is 4.19. The molecule has 2 aliphatic rings. The van der Waals surface area contributed by atoms with Gasteiger partial charge in [-0.1, -0.05) is 25.1 Å². The fraction of sp³-hybridized carbons (Fsp3) is 0.438. The molecule has 1 aliphatic heterocycles. The van der Waals surface area contributed by atoms with Crippen LogP contribution in [-0.4, -0.2) is 11.9 Å². The summed E-state index contributed by atoms with van der Waals surface area (Å²) in [4.78, 5) is 14.4. The number of halogens is 1. The second-order valence-electron chi connectivity index (χ2n) is 5.76. The van der Waals surface area contributed by atoms with E-state index in [2.05, 4.69) is 6.58 Å². The number of benzene rings is 1. The Morgan fingerprint density at radius 2 is 2.11 bits per heavy atom. The normalized spacial score (nSPS) is 26.3. The standard InChI is InChI=1S/C16H18FNO/c1-9(2)15-10(3)16(19)18(12-5-6-12)14-8-11(17)4-7-13(14)15/h4,7-8,10,12,15H,1,5-6H2,2-3H3. The maximum Gasteiger partial charge on any atom is 0.231 e. The molecule has 0 radical (unpaired) electrons. The molecular formula is C16H18FNO. The molecule has 1 aromatic rings. The number of allylic oxidation sites excluding steroid dienone is 1. The molecule has 0 bridgehead atoms. The van der Waals surface area contributed by atoms with Crippen molar-refractivity contribution in [1.29, 1.82) is 0 Å². The molecule has 1 fully saturated rings. The van der Waals surface area contributed by atoms with E-state index in [1.165, 1.54) is 12.1 Å². The molecule has 1 aliphatic carbocycles. The van der Waals surface area contributed by atoms with Gasteiger partial charge in [-0.25, -0.2) is 4.39 Å². The van der Waals surface area contributed by atoms with Gasteiger partial charge in [0.1, 0.15) is 5.82 Å². The number of amides is 1. The minimum atomic E-state index is -0.285. The quantitative estimate of drug-likeness (QED) is 0.743. The number of anilines is 1. The fourth-order valence-electron chi connectivity index (χ4n) is 3.14. The highest BCUT2D eigenvalue weighted by Crippen LogP contribution is 2.46. The van der Waals surface area contributed by atoms with Crippen LogP contribution in [-0.2, 0) is 4.79 Å². The number of carbonyl (C=O) groups excluding carboxylic acids is 1. The summed E-state index contributed by atoms with van der Waals surface area (Å²) in [5, 5.41) is 0. The monoisotopic (exact) mass is 259 g/mol. The summed E-state index contributed by atoms with van der Waals surface area (Å²) in [7, 11) is 0. The molecule has 3 heteroatoms. The summed E-state index contributed by atoms with van der Waals surface area (Å²) in [6, 6.07) is 5.04. The minimum Gasteiger partial charge on any atom is -0.309 e. The molecule has 100 valence electrons. The minimum absolute atomic E-state index is 0.00176. The fourth-order valence-corrected chi connectivity index (χ4v) is 3.14. The molecule has 2 unspecified atom stereocenters. The number of hydrogen-bond donors (Lipinski definition) is 0. The molecular weight excluding hydrogens is 241 g/mol. The van der Waals surface area contributed by atoms with E-state index in [1.807, 2.05) is 24.8 Å². The first-order valence-electron chi connectivity index (χ1n) is 6.78. The van der Waals surface area contributed by atoms with Crippen molar-refractivity contribution in [2.24, 2.45) is 5.92 Å². The summed E-state index contributed by atoms with van der Waals surface area (Å²) in [5.41, 5.74) is 2.75. The molecule has 3 rings (SSSR count). The third kappa shape index (κ3) is 1.88. The van der Waals surface area contributed by atoms with Gasteiger partial charge in [-0.3, -0.25) is 4.79 Å². The number of carbonyl (C=O) groups is 1. The highest BCUT2D eigenvalue weighted by atomic mass is 19.1. The number of nitrogens with zero attached hydrogens (tertiary/aromatic N) is 1. The molecule has 1 heterocycles. The van der Waals surface area contributed by atoms with Crippen molar-refractivity contribution in [3.8, 4) is 0 Å². The van der Waals surface area contributed by atoms with Gasteiger partial charge in [-0.2, -0.15) is 0 Å². The van der Waals surface area contributed by atoms with Crippen LogP contribution < -0.4 is 4.90 Å². The van der Waals surface area contributed by atoms with E-state index < -0.39 is 0 Å². The first kappa shape index (κ1) is 12.4. The molecule has 1 aromatic carbocycles. The predicted octanol–water partition coefficient (Wildman–Crippen LogP) is 3.63. The zero-order valence-corrected chi connectivity index (χ0v) is 11.3. The van der Waals surface area contributed by atoms with Gasteiger partial charge in [-0.05, 0) is 37.5 Å². The molecule has 0 saturated heterocycles. The van der Waals surface area contributed by atoms with Crippen molar-refractivity contribution in [3.05, 3.63) is 41.7 Å². The van der Waals surface area contributed by atoms with Gasteiger partial charge in [0.25, 0.3) is 0 Å². The van der Waals surface area contributed by atoms with Gasteiger partial charge < -0.3 is 4.90 Å². The van der Waals surface area contributed by atoms with Crippen molar-refractivity contribution in [1.82, 2.24) is 0 Å². The zero-order valence-electron chi connectivity index (χ0n) is 11.3. The van der Waals surface area contributed by atoms with E-state index in [4.69, 9.17) is 0 Å². The Bertz CT molecular complexity index is 562. The number of rotatable bonds is 2. The Kier molecular flexibility index (Phi) is 2.73. The predicted molar refractivity (Wildman–Crippen MR) is 73.6 cm³/mol. The third-order valence-electron chi connectivity index (χ3n) is 4.16. The number of fused-ring (bicyclic) bond motifs is 1. The van der Waals surface area contributed by atoms with Gasteiger partial charge in [0, 0.05) is 17.9 Å². The topological polar surface area (TPSA) is 20.3 Å². The van der Waals surface area contributed by atoms with E-state index in [0.717, 1.165) is 29.7 Å². The van der Waals surface area contributed by atoms with Crippen LogP contribution in [0.2, 0.25) is 0 Å². The van der Waals surface area contributed by atoms with Crippen LogP contribution in [0, 0.1) is 11.7 Å². The van der Waals surface area contributed by atoms with Crippen LogP contribution in [0.3, 0.4) is 0 Å². The van der Waals surface area contributed by atoms with Gasteiger partial charge in [-0.15, -0.1) is 0 Å². The smallest absolute Gasteiger partial charge is 0.231 e. The van der Waals surface area contributed by atoms with Crippen molar-refractivity contribution in [2.45, 2.75) is 38.6 Å². The SMILES string of the molecule is C=C(C)C1c2ccc(F)cc2N(C2CC2)C(=O)C1C. The molecule has 1 saturated carbocycles. The summed E-state index contributed by atoms with van der Waals surface area (Å²) in [6.45, 7) is 7.89. The average Bonchev–Trinajstić information content (AvgIpc) is 3.15. The third-order valence-corrected chi connectivity index (χ3v) is 4.16. The van der Waals surface area contributed by atoms with E-state index in [0.29, 0.717) is 0 Å². The Balaban J connectivity index is 2.17. The Hall–Kier alpha value is -1.64. The summed E-state index contributed by atoms with van der Waals surface area (Å²) >= 11 is 0. The van der Waals surface area contributed by atoms with Crippen LogP contribution in [0.5, 0.6) is 0 Å². The molecule has 0 N–H and O–H groups in total. The van der Waals surface area contributed by atoms with Crippen LogP contribution in [0.15, 0.2) is 30.4 Å². The lowest BCUT2D eigenvalue weighted by Gasteiger charge is -2.38. The summed E-state index contributed by atoms with van der Waals surface area (Å²) < 4.78 is 13.5. The lowest BCUT2D eigenvalue weighted by atomic mass is 9.78. The first-order valence-corrected chi connectivity index (χ1v) is 6.78. The van der Waals surface area contributed by atoms with E-state index >= 15 is 0 Å². The van der Waals surface area contributed by atoms with Crippen molar-refractivity contribution in [3.63, 3.8) is 0 Å². The lowest BCUT2D eigenvalue weighted by molar-refractivity contribution is -0.122. The van der Waals surface area contributed by atoms with E-state index in [1.54, 1.807) is 0 Å². The van der Waals surface area contributed by atoms with Crippen molar-refractivity contribution < 1.29 is 9.18 Å². The van der Waals surface area contributed by atoms with Crippen LogP contribution >= 0.6 is 0 Å². The Labute approximate surface area is 112 Å². The van der Waals surface area contributed by atoms with Crippen molar-refractivity contribution >= 4 is 11.6 Å². The van der Waals surface area contributed by atoms with Crippen LogP contribution in [0.25, 0.3) is 0 Å². The molecule has 2 atom stereocenters. The molecule has 1 amide bonds. The lowest BCUT2D eigenvalue weighted by Crippen LogP contribution is -2.44. The molecule has 19 heavy (non-hydrogen) atoms.